The van der Waals surface area contributed by atoms with Gasteiger partial charge in [0.1, 0.15) is 6.04 Å². The number of halogens is 2. The van der Waals surface area contributed by atoms with Crippen LogP contribution in [0.1, 0.15) is 25.0 Å². The monoisotopic (exact) mass is 289 g/mol. The van der Waals surface area contributed by atoms with Crippen molar-refractivity contribution in [2.24, 2.45) is 0 Å². The number of fused-ring (bicyclic) bond motifs is 1. The molecule has 2 unspecified atom stereocenters. The number of benzene rings is 1. The van der Waals surface area contributed by atoms with Crippen LogP contribution in [0.3, 0.4) is 0 Å². The van der Waals surface area contributed by atoms with Crippen molar-refractivity contribution >= 4 is 34.9 Å². The van der Waals surface area contributed by atoms with Crippen molar-refractivity contribution in [3.63, 3.8) is 0 Å². The van der Waals surface area contributed by atoms with Gasteiger partial charge in [-0.15, -0.1) is 0 Å². The van der Waals surface area contributed by atoms with Crippen LogP contribution in [-0.2, 0) is 9.53 Å². The second kappa shape index (κ2) is 5.34. The van der Waals surface area contributed by atoms with E-state index in [2.05, 4.69) is 5.32 Å². The predicted molar refractivity (Wildman–Crippen MR) is 70.1 cm³/mol. The van der Waals surface area contributed by atoms with Gasteiger partial charge >= 0.3 is 5.97 Å². The van der Waals surface area contributed by atoms with Gasteiger partial charge in [-0.3, -0.25) is 0 Å². The first-order valence-corrected chi connectivity index (χ1v) is 6.38. The van der Waals surface area contributed by atoms with Gasteiger partial charge in [-0.1, -0.05) is 23.2 Å². The lowest BCUT2D eigenvalue weighted by molar-refractivity contribution is -0.145. The number of carbonyl (C=O) groups is 1. The highest BCUT2D eigenvalue weighted by Crippen LogP contribution is 2.39. The maximum Gasteiger partial charge on any atom is 0.328 e. The van der Waals surface area contributed by atoms with Crippen molar-refractivity contribution in [2.45, 2.75) is 25.5 Å². The summed E-state index contributed by atoms with van der Waals surface area (Å²) in [6.07, 6.45) is -0.576. The van der Waals surface area contributed by atoms with Gasteiger partial charge < -0.3 is 15.2 Å². The van der Waals surface area contributed by atoms with E-state index in [9.17, 15) is 9.90 Å². The van der Waals surface area contributed by atoms with E-state index in [4.69, 9.17) is 27.9 Å². The molecule has 6 heteroatoms. The lowest BCUT2D eigenvalue weighted by atomic mass is 9.95. The molecule has 2 rings (SSSR count). The molecule has 1 aliphatic heterocycles. The molecule has 2 atom stereocenters. The quantitative estimate of drug-likeness (QED) is 0.822. The van der Waals surface area contributed by atoms with Crippen LogP contribution in [0.4, 0.5) is 5.69 Å². The molecule has 0 aliphatic carbocycles. The number of esters is 1. The third-order valence-electron chi connectivity index (χ3n) is 2.79. The molecule has 0 fully saturated rings. The zero-order valence-electron chi connectivity index (χ0n) is 9.74. The summed E-state index contributed by atoms with van der Waals surface area (Å²) < 4.78 is 4.93. The van der Waals surface area contributed by atoms with E-state index in [1.807, 2.05) is 0 Å². The van der Waals surface area contributed by atoms with Crippen LogP contribution in [0, 0.1) is 0 Å². The molecule has 2 N–H and O–H groups in total. The van der Waals surface area contributed by atoms with Crippen molar-refractivity contribution < 1.29 is 14.6 Å². The molecule has 4 nitrogen and oxygen atoms in total. The van der Waals surface area contributed by atoms with Gasteiger partial charge in [0.25, 0.3) is 0 Å². The standard InChI is InChI=1S/C12H13Cl2NO3/c1-2-18-12(17)9-5-10(16)11-7(14)3-6(13)4-8(11)15-9/h3-4,9-10,15-16H,2,5H2,1H3. The Balaban J connectivity index is 2.31. The fourth-order valence-electron chi connectivity index (χ4n) is 2.03. The third kappa shape index (κ3) is 2.55. The molecule has 0 saturated heterocycles. The molecule has 1 aromatic carbocycles. The number of aliphatic hydroxyl groups excluding tert-OH is 1. The van der Waals surface area contributed by atoms with Gasteiger partial charge in [0.05, 0.1) is 12.7 Å². The number of nitrogens with one attached hydrogen (secondary N) is 1. The van der Waals surface area contributed by atoms with Crippen molar-refractivity contribution in [3.8, 4) is 0 Å². The lowest BCUT2D eigenvalue weighted by Crippen LogP contribution is -2.36. The largest absolute Gasteiger partial charge is 0.464 e. The molecule has 0 bridgehead atoms. The fraction of sp³-hybridized carbons (Fsp3) is 0.417. The Labute approximate surface area is 115 Å². The van der Waals surface area contributed by atoms with Crippen LogP contribution in [0.15, 0.2) is 12.1 Å². The van der Waals surface area contributed by atoms with Crippen LogP contribution in [0.5, 0.6) is 0 Å². The summed E-state index contributed by atoms with van der Waals surface area (Å²) >= 11 is 11.9. The highest BCUT2D eigenvalue weighted by atomic mass is 35.5. The molecule has 18 heavy (non-hydrogen) atoms. The zero-order chi connectivity index (χ0) is 13.3. The Hall–Kier alpha value is -0.970. The summed E-state index contributed by atoms with van der Waals surface area (Å²) in [7, 11) is 0. The second-order valence-electron chi connectivity index (χ2n) is 4.05. The molecule has 0 aromatic heterocycles. The number of hydrogen-bond donors (Lipinski definition) is 2. The van der Waals surface area contributed by atoms with E-state index in [-0.39, 0.29) is 6.42 Å². The fourth-order valence-corrected chi connectivity index (χ4v) is 2.65. The SMILES string of the molecule is CCOC(=O)C1CC(O)c2c(Cl)cc(Cl)cc2N1. The normalized spacial score (nSPS) is 22.0. The summed E-state index contributed by atoms with van der Waals surface area (Å²) in [5, 5.41) is 13.9. The summed E-state index contributed by atoms with van der Waals surface area (Å²) in [6.45, 7) is 2.04. The number of ether oxygens (including phenoxy) is 1. The second-order valence-corrected chi connectivity index (χ2v) is 4.89. The van der Waals surface area contributed by atoms with Gasteiger partial charge in [0.15, 0.2) is 0 Å². The number of carbonyl (C=O) groups excluding carboxylic acids is 1. The lowest BCUT2D eigenvalue weighted by Gasteiger charge is -2.30. The van der Waals surface area contributed by atoms with Crippen LogP contribution in [0.25, 0.3) is 0 Å². The molecule has 98 valence electrons. The first-order valence-electron chi connectivity index (χ1n) is 5.63. The highest BCUT2D eigenvalue weighted by Gasteiger charge is 2.32. The van der Waals surface area contributed by atoms with E-state index in [1.54, 1.807) is 19.1 Å². The van der Waals surface area contributed by atoms with Crippen molar-refractivity contribution in [1.29, 1.82) is 0 Å². The van der Waals surface area contributed by atoms with E-state index in [0.29, 0.717) is 27.9 Å². The van der Waals surface area contributed by atoms with Crippen molar-refractivity contribution in [3.05, 3.63) is 27.7 Å². The van der Waals surface area contributed by atoms with Gasteiger partial charge in [-0.2, -0.15) is 0 Å². The first-order chi connectivity index (χ1) is 8.52. The summed E-state index contributed by atoms with van der Waals surface area (Å²) in [5.74, 6) is -0.390. The Morgan fingerprint density at radius 1 is 1.56 bits per heavy atom. The topological polar surface area (TPSA) is 58.6 Å². The zero-order valence-corrected chi connectivity index (χ0v) is 11.3. The molecular formula is C12H13Cl2NO3. The average molecular weight is 290 g/mol. The third-order valence-corrected chi connectivity index (χ3v) is 3.32. The Kier molecular flexibility index (Phi) is 4.00. The summed E-state index contributed by atoms with van der Waals surface area (Å²) in [5.41, 5.74) is 1.14. The van der Waals surface area contributed by atoms with Gasteiger partial charge in [-0.05, 0) is 19.1 Å². The molecule has 0 saturated carbocycles. The maximum atomic E-state index is 11.7. The van der Waals surface area contributed by atoms with Crippen molar-refractivity contribution in [2.75, 3.05) is 11.9 Å². The summed E-state index contributed by atoms with van der Waals surface area (Å²) in [6, 6.07) is 2.62. The van der Waals surface area contributed by atoms with Gasteiger partial charge in [0.2, 0.25) is 0 Å². The van der Waals surface area contributed by atoms with Crippen LogP contribution >= 0.6 is 23.2 Å². The van der Waals surface area contributed by atoms with Crippen LogP contribution in [-0.4, -0.2) is 23.7 Å². The minimum atomic E-state index is -0.805. The summed E-state index contributed by atoms with van der Waals surface area (Å²) in [4.78, 5) is 11.7. The van der Waals surface area contributed by atoms with E-state index >= 15 is 0 Å². The minimum Gasteiger partial charge on any atom is -0.464 e. The number of anilines is 1. The Morgan fingerprint density at radius 3 is 2.94 bits per heavy atom. The molecule has 0 radical (unpaired) electrons. The van der Waals surface area contributed by atoms with Crippen molar-refractivity contribution in [1.82, 2.24) is 0 Å². The van der Waals surface area contributed by atoms with Crippen LogP contribution in [0.2, 0.25) is 10.0 Å². The smallest absolute Gasteiger partial charge is 0.328 e. The number of aliphatic hydroxyl groups is 1. The molecular weight excluding hydrogens is 277 g/mol. The molecule has 1 heterocycles. The number of hydrogen-bond acceptors (Lipinski definition) is 4. The predicted octanol–water partition coefficient (Wildman–Crippen LogP) is 2.77. The molecule has 0 amide bonds. The van der Waals surface area contributed by atoms with E-state index < -0.39 is 18.1 Å². The first kappa shape index (κ1) is 13.5. The Morgan fingerprint density at radius 2 is 2.28 bits per heavy atom. The molecule has 1 aliphatic rings. The van der Waals surface area contributed by atoms with Crippen LogP contribution < -0.4 is 5.32 Å². The van der Waals surface area contributed by atoms with Gasteiger partial charge in [-0.25, -0.2) is 4.79 Å². The minimum absolute atomic E-state index is 0.229. The van der Waals surface area contributed by atoms with Gasteiger partial charge in [0, 0.05) is 27.7 Å². The van der Waals surface area contributed by atoms with E-state index in [1.165, 1.54) is 0 Å². The van der Waals surface area contributed by atoms with E-state index in [0.717, 1.165) is 0 Å². The Bertz CT molecular complexity index is 479. The average Bonchev–Trinajstić information content (AvgIpc) is 2.27. The highest BCUT2D eigenvalue weighted by molar-refractivity contribution is 6.35. The maximum absolute atomic E-state index is 11.7. The molecule has 0 spiro atoms. The number of rotatable bonds is 2. The molecule has 1 aromatic rings.